The number of thiophene rings is 1. The summed E-state index contributed by atoms with van der Waals surface area (Å²) >= 11 is 1.46. The minimum atomic E-state index is -0.135. The van der Waals surface area contributed by atoms with Gasteiger partial charge >= 0.3 is 0 Å². The molecule has 1 aromatic carbocycles. The number of benzene rings is 1. The second-order valence-electron chi connectivity index (χ2n) is 5.44. The van der Waals surface area contributed by atoms with Gasteiger partial charge in [-0.3, -0.25) is 9.59 Å². The number of aromatic nitrogens is 2. The Kier molecular flexibility index (Phi) is 4.25. The van der Waals surface area contributed by atoms with Crippen LogP contribution in [0.3, 0.4) is 0 Å². The number of hydrogen-bond acceptors (Lipinski definition) is 4. The number of nitrogens with zero attached hydrogens (tertiary/aromatic N) is 1. The topological polar surface area (TPSA) is 74.8 Å². The number of carbonyl (C=O) groups is 1. The SMILES string of the molecule is CC(=O)NCCc1nc2scc(-c3ccc(C)cc3)c2c(=O)[nH]1. The number of hydrogen-bond donors (Lipinski definition) is 2. The van der Waals surface area contributed by atoms with Crippen molar-refractivity contribution in [1.29, 1.82) is 0 Å². The van der Waals surface area contributed by atoms with E-state index in [1.165, 1.54) is 23.8 Å². The van der Waals surface area contributed by atoms with E-state index in [9.17, 15) is 9.59 Å². The van der Waals surface area contributed by atoms with Crippen LogP contribution in [0.15, 0.2) is 34.4 Å². The zero-order valence-corrected chi connectivity index (χ0v) is 13.8. The van der Waals surface area contributed by atoms with Gasteiger partial charge in [0.15, 0.2) is 0 Å². The van der Waals surface area contributed by atoms with Crippen LogP contribution in [0, 0.1) is 6.92 Å². The highest BCUT2D eigenvalue weighted by atomic mass is 32.1. The average molecular weight is 327 g/mol. The minimum Gasteiger partial charge on any atom is -0.356 e. The molecule has 0 aliphatic heterocycles. The van der Waals surface area contributed by atoms with E-state index in [-0.39, 0.29) is 11.5 Å². The van der Waals surface area contributed by atoms with Gasteiger partial charge in [-0.2, -0.15) is 0 Å². The van der Waals surface area contributed by atoms with Gasteiger partial charge in [0.25, 0.3) is 5.56 Å². The third-order valence-electron chi connectivity index (χ3n) is 3.59. The van der Waals surface area contributed by atoms with Crippen LogP contribution in [0.1, 0.15) is 18.3 Å². The summed E-state index contributed by atoms with van der Waals surface area (Å²) in [6, 6.07) is 8.09. The molecule has 0 fully saturated rings. The van der Waals surface area contributed by atoms with Crippen LogP contribution in [0.4, 0.5) is 0 Å². The van der Waals surface area contributed by atoms with E-state index in [1.54, 1.807) is 0 Å². The summed E-state index contributed by atoms with van der Waals surface area (Å²) in [6.07, 6.45) is 0.503. The molecule has 5 nitrogen and oxygen atoms in total. The first kappa shape index (κ1) is 15.4. The fourth-order valence-corrected chi connectivity index (χ4v) is 3.38. The largest absolute Gasteiger partial charge is 0.356 e. The first-order valence-corrected chi connectivity index (χ1v) is 8.24. The lowest BCUT2D eigenvalue weighted by atomic mass is 10.1. The van der Waals surface area contributed by atoms with E-state index in [4.69, 9.17) is 0 Å². The van der Waals surface area contributed by atoms with Gasteiger partial charge in [0.2, 0.25) is 5.91 Å². The predicted molar refractivity (Wildman–Crippen MR) is 92.8 cm³/mol. The van der Waals surface area contributed by atoms with Crippen molar-refractivity contribution < 1.29 is 4.79 Å². The Morgan fingerprint density at radius 3 is 2.74 bits per heavy atom. The Labute approximate surface area is 137 Å². The maximum atomic E-state index is 12.4. The summed E-state index contributed by atoms with van der Waals surface area (Å²) in [5.74, 6) is 0.500. The van der Waals surface area contributed by atoms with Gasteiger partial charge in [0.1, 0.15) is 10.7 Å². The second kappa shape index (κ2) is 6.34. The fourth-order valence-electron chi connectivity index (χ4n) is 2.41. The molecule has 118 valence electrons. The Morgan fingerprint density at radius 2 is 2.04 bits per heavy atom. The van der Waals surface area contributed by atoms with Crippen LogP contribution in [0.2, 0.25) is 0 Å². The Morgan fingerprint density at radius 1 is 1.30 bits per heavy atom. The van der Waals surface area contributed by atoms with Gasteiger partial charge in [-0.1, -0.05) is 29.8 Å². The zero-order valence-electron chi connectivity index (χ0n) is 13.0. The maximum absolute atomic E-state index is 12.4. The summed E-state index contributed by atoms with van der Waals surface area (Å²) < 4.78 is 0. The van der Waals surface area contributed by atoms with Crippen molar-refractivity contribution in [1.82, 2.24) is 15.3 Å². The van der Waals surface area contributed by atoms with Crippen LogP contribution in [0.5, 0.6) is 0 Å². The van der Waals surface area contributed by atoms with Gasteiger partial charge in [0, 0.05) is 30.8 Å². The summed E-state index contributed by atoms with van der Waals surface area (Å²) in [5, 5.41) is 5.29. The highest BCUT2D eigenvalue weighted by Gasteiger charge is 2.12. The zero-order chi connectivity index (χ0) is 16.4. The molecule has 0 atom stereocenters. The molecule has 3 rings (SSSR count). The van der Waals surface area contributed by atoms with Crippen LogP contribution >= 0.6 is 11.3 Å². The molecule has 0 radical (unpaired) electrons. The molecule has 0 bridgehead atoms. The van der Waals surface area contributed by atoms with Gasteiger partial charge in [-0.25, -0.2) is 4.98 Å². The third kappa shape index (κ3) is 3.32. The molecule has 3 aromatic rings. The maximum Gasteiger partial charge on any atom is 0.260 e. The van der Waals surface area contributed by atoms with Gasteiger partial charge in [-0.15, -0.1) is 11.3 Å². The predicted octanol–water partition coefficient (Wildman–Crippen LogP) is 2.64. The Hall–Kier alpha value is -2.47. The van der Waals surface area contributed by atoms with E-state index in [0.29, 0.717) is 24.2 Å². The number of aryl methyl sites for hydroxylation is 1. The molecule has 0 unspecified atom stereocenters. The molecular weight excluding hydrogens is 310 g/mol. The first-order valence-electron chi connectivity index (χ1n) is 7.36. The molecule has 0 saturated heterocycles. The molecular formula is C17H17N3O2S. The van der Waals surface area contributed by atoms with E-state index < -0.39 is 0 Å². The number of fused-ring (bicyclic) bond motifs is 1. The van der Waals surface area contributed by atoms with Gasteiger partial charge in [0.05, 0.1) is 5.39 Å². The van der Waals surface area contributed by atoms with E-state index in [0.717, 1.165) is 16.0 Å². The summed E-state index contributed by atoms with van der Waals surface area (Å²) in [6.45, 7) is 3.96. The first-order chi connectivity index (χ1) is 11.0. The van der Waals surface area contributed by atoms with Gasteiger partial charge < -0.3 is 10.3 Å². The van der Waals surface area contributed by atoms with E-state index in [2.05, 4.69) is 15.3 Å². The molecule has 1 amide bonds. The number of nitrogens with one attached hydrogen (secondary N) is 2. The van der Waals surface area contributed by atoms with Crippen LogP contribution in [-0.2, 0) is 11.2 Å². The smallest absolute Gasteiger partial charge is 0.260 e. The van der Waals surface area contributed by atoms with Crippen molar-refractivity contribution in [2.45, 2.75) is 20.3 Å². The molecule has 2 N–H and O–H groups in total. The Bertz CT molecular complexity index is 910. The molecule has 2 heterocycles. The number of rotatable bonds is 4. The van der Waals surface area contributed by atoms with Crippen molar-refractivity contribution in [2.24, 2.45) is 0 Å². The average Bonchev–Trinajstić information content (AvgIpc) is 2.92. The lowest BCUT2D eigenvalue weighted by molar-refractivity contribution is -0.118. The van der Waals surface area contributed by atoms with Crippen molar-refractivity contribution >= 4 is 27.5 Å². The van der Waals surface area contributed by atoms with Crippen molar-refractivity contribution in [2.75, 3.05) is 6.54 Å². The van der Waals surface area contributed by atoms with Crippen LogP contribution in [0.25, 0.3) is 21.3 Å². The van der Waals surface area contributed by atoms with E-state index in [1.807, 2.05) is 36.6 Å². The quantitative estimate of drug-likeness (QED) is 0.773. The fraction of sp³-hybridized carbons (Fsp3) is 0.235. The lowest BCUT2D eigenvalue weighted by Gasteiger charge is -2.03. The lowest BCUT2D eigenvalue weighted by Crippen LogP contribution is -2.24. The monoisotopic (exact) mass is 327 g/mol. The molecule has 23 heavy (non-hydrogen) atoms. The Balaban J connectivity index is 1.96. The molecule has 2 aromatic heterocycles. The van der Waals surface area contributed by atoms with Crippen LogP contribution in [-0.4, -0.2) is 22.4 Å². The van der Waals surface area contributed by atoms with E-state index >= 15 is 0 Å². The highest BCUT2D eigenvalue weighted by molar-refractivity contribution is 7.17. The molecule has 6 heteroatoms. The summed E-state index contributed by atoms with van der Waals surface area (Å²) in [5.41, 5.74) is 2.97. The summed E-state index contributed by atoms with van der Waals surface area (Å²) in [4.78, 5) is 31.4. The minimum absolute atomic E-state index is 0.0915. The van der Waals surface area contributed by atoms with Crippen molar-refractivity contribution in [3.8, 4) is 11.1 Å². The summed E-state index contributed by atoms with van der Waals surface area (Å²) in [7, 11) is 0. The molecule has 0 aliphatic rings. The van der Waals surface area contributed by atoms with Crippen molar-refractivity contribution in [3.63, 3.8) is 0 Å². The number of carbonyl (C=O) groups excluding carboxylic acids is 1. The number of H-pyrrole nitrogens is 1. The van der Waals surface area contributed by atoms with Crippen LogP contribution < -0.4 is 10.9 Å². The second-order valence-corrected chi connectivity index (χ2v) is 6.30. The third-order valence-corrected chi connectivity index (χ3v) is 4.46. The number of aromatic amines is 1. The highest BCUT2D eigenvalue weighted by Crippen LogP contribution is 2.30. The molecule has 0 saturated carbocycles. The van der Waals surface area contributed by atoms with Gasteiger partial charge in [-0.05, 0) is 12.5 Å². The standard InChI is InChI=1S/C17H17N3O2S/c1-10-3-5-12(6-4-10)13-9-23-17-15(13)16(22)19-14(20-17)7-8-18-11(2)21/h3-6,9H,7-8H2,1-2H3,(H,18,21)(H,19,20,22). The molecule has 0 spiro atoms. The molecule has 0 aliphatic carbocycles. The number of amides is 1. The van der Waals surface area contributed by atoms with Crippen molar-refractivity contribution in [3.05, 3.63) is 51.4 Å². The normalized spacial score (nSPS) is 10.9.